The lowest BCUT2D eigenvalue weighted by atomic mass is 10.2. The predicted molar refractivity (Wildman–Crippen MR) is 90.1 cm³/mol. The van der Waals surface area contributed by atoms with Crippen molar-refractivity contribution < 1.29 is 9.72 Å². The lowest BCUT2D eigenvalue weighted by molar-refractivity contribution is -0.385. The van der Waals surface area contributed by atoms with E-state index in [0.717, 1.165) is 11.3 Å². The number of H-pyrrole nitrogens is 1. The number of carbonyl (C=O) groups is 1. The Morgan fingerprint density at radius 2 is 1.92 bits per heavy atom. The monoisotopic (exact) mass is 338 g/mol. The zero-order valence-electron chi connectivity index (χ0n) is 13.5. The summed E-state index contributed by atoms with van der Waals surface area (Å²) >= 11 is 0. The van der Waals surface area contributed by atoms with E-state index in [2.05, 4.69) is 25.5 Å². The summed E-state index contributed by atoms with van der Waals surface area (Å²) in [6.45, 7) is 3.36. The third-order valence-electron chi connectivity index (χ3n) is 3.51. The molecule has 0 saturated carbocycles. The number of carbonyl (C=O) groups excluding carboxylic acids is 1. The number of rotatable bonds is 4. The molecule has 0 aliphatic heterocycles. The van der Waals surface area contributed by atoms with Crippen molar-refractivity contribution in [3.05, 3.63) is 63.7 Å². The van der Waals surface area contributed by atoms with Crippen molar-refractivity contribution >= 4 is 17.3 Å². The highest BCUT2D eigenvalue weighted by molar-refractivity contribution is 6.05. The van der Waals surface area contributed by atoms with Gasteiger partial charge in [0, 0.05) is 23.1 Å². The molecular weight excluding hydrogens is 324 g/mol. The van der Waals surface area contributed by atoms with Crippen LogP contribution < -0.4 is 5.32 Å². The molecule has 9 nitrogen and oxygen atoms in total. The van der Waals surface area contributed by atoms with Crippen LogP contribution in [-0.4, -0.2) is 31.0 Å². The molecule has 25 heavy (non-hydrogen) atoms. The molecule has 0 aliphatic carbocycles. The first-order valence-electron chi connectivity index (χ1n) is 7.36. The van der Waals surface area contributed by atoms with Gasteiger partial charge in [-0.3, -0.25) is 20.0 Å². The molecule has 0 radical (unpaired) electrons. The Labute approximate surface area is 142 Å². The maximum absolute atomic E-state index is 12.2. The molecule has 3 aromatic rings. The first kappa shape index (κ1) is 16.2. The van der Waals surface area contributed by atoms with E-state index in [1.165, 1.54) is 6.92 Å². The Hall–Kier alpha value is -3.62. The fourth-order valence-corrected chi connectivity index (χ4v) is 2.29. The normalized spacial score (nSPS) is 10.5. The predicted octanol–water partition coefficient (Wildman–Crippen LogP) is 2.64. The minimum Gasteiger partial charge on any atom is -0.320 e. The van der Waals surface area contributed by atoms with E-state index in [4.69, 9.17) is 0 Å². The largest absolute Gasteiger partial charge is 0.322 e. The van der Waals surface area contributed by atoms with Gasteiger partial charge in [-0.1, -0.05) is 0 Å². The summed E-state index contributed by atoms with van der Waals surface area (Å²) in [5, 5.41) is 19.8. The topological polar surface area (TPSA) is 127 Å². The number of nitro groups is 1. The van der Waals surface area contributed by atoms with E-state index in [0.29, 0.717) is 11.5 Å². The zero-order valence-corrected chi connectivity index (χ0v) is 13.5. The lowest BCUT2D eigenvalue weighted by Crippen LogP contribution is -2.14. The number of aryl methyl sites for hydroxylation is 2. The Bertz CT molecular complexity index is 949. The second-order valence-corrected chi connectivity index (χ2v) is 5.36. The third-order valence-corrected chi connectivity index (χ3v) is 3.51. The molecule has 2 aromatic heterocycles. The van der Waals surface area contributed by atoms with Crippen molar-refractivity contribution in [2.75, 3.05) is 5.32 Å². The number of hydrogen-bond acceptors (Lipinski definition) is 6. The average molecular weight is 338 g/mol. The summed E-state index contributed by atoms with van der Waals surface area (Å²) in [5.41, 5.74) is 1.77. The van der Waals surface area contributed by atoms with E-state index in [1.807, 2.05) is 6.92 Å². The molecule has 0 bridgehead atoms. The molecule has 0 saturated heterocycles. The standard InChI is InChI=1S/C16H14N6O3/c1-9-7-8-17-15(18-9)11-3-5-12(6-4-11)19-16(23)13-14(22(24)25)10(2)20-21-13/h3-8H,1-2H3,(H,19,23)(H,20,21). The number of aromatic nitrogens is 4. The zero-order chi connectivity index (χ0) is 18.0. The number of nitrogens with one attached hydrogen (secondary N) is 2. The molecule has 0 aliphatic rings. The van der Waals surface area contributed by atoms with E-state index < -0.39 is 10.8 Å². The van der Waals surface area contributed by atoms with Crippen LogP contribution in [0.25, 0.3) is 11.4 Å². The number of anilines is 1. The van der Waals surface area contributed by atoms with E-state index in [-0.39, 0.29) is 17.1 Å². The Morgan fingerprint density at radius 1 is 1.20 bits per heavy atom. The fraction of sp³-hybridized carbons (Fsp3) is 0.125. The van der Waals surface area contributed by atoms with Crippen molar-refractivity contribution in [3.63, 3.8) is 0 Å². The minimum atomic E-state index is -0.657. The second kappa shape index (κ2) is 6.48. The van der Waals surface area contributed by atoms with Gasteiger partial charge in [0.05, 0.1) is 4.92 Å². The smallest absolute Gasteiger partial charge is 0.320 e. The first-order valence-corrected chi connectivity index (χ1v) is 7.36. The van der Waals surface area contributed by atoms with Crippen molar-refractivity contribution in [3.8, 4) is 11.4 Å². The van der Waals surface area contributed by atoms with Crippen molar-refractivity contribution in [2.45, 2.75) is 13.8 Å². The summed E-state index contributed by atoms with van der Waals surface area (Å²) < 4.78 is 0. The highest BCUT2D eigenvalue weighted by atomic mass is 16.6. The highest BCUT2D eigenvalue weighted by Gasteiger charge is 2.27. The van der Waals surface area contributed by atoms with E-state index in [9.17, 15) is 14.9 Å². The van der Waals surface area contributed by atoms with Crippen molar-refractivity contribution in [1.29, 1.82) is 0 Å². The van der Waals surface area contributed by atoms with E-state index in [1.54, 1.807) is 36.5 Å². The number of aromatic amines is 1. The quantitative estimate of drug-likeness (QED) is 0.556. The number of amides is 1. The molecule has 1 amide bonds. The van der Waals surface area contributed by atoms with Gasteiger partial charge in [0.25, 0.3) is 5.91 Å². The molecule has 2 heterocycles. The third kappa shape index (κ3) is 3.34. The summed E-state index contributed by atoms with van der Waals surface area (Å²) in [6.07, 6.45) is 1.67. The Morgan fingerprint density at radius 3 is 2.56 bits per heavy atom. The van der Waals surface area contributed by atoms with Crippen molar-refractivity contribution in [1.82, 2.24) is 20.2 Å². The lowest BCUT2D eigenvalue weighted by Gasteiger charge is -2.05. The van der Waals surface area contributed by atoms with Gasteiger partial charge < -0.3 is 5.32 Å². The highest BCUT2D eigenvalue weighted by Crippen LogP contribution is 2.22. The van der Waals surface area contributed by atoms with Crippen LogP contribution in [0.2, 0.25) is 0 Å². The molecule has 126 valence electrons. The van der Waals surface area contributed by atoms with Crippen LogP contribution in [-0.2, 0) is 0 Å². The van der Waals surface area contributed by atoms with Crippen LogP contribution in [0.3, 0.4) is 0 Å². The molecule has 0 spiro atoms. The van der Waals surface area contributed by atoms with Gasteiger partial charge >= 0.3 is 5.69 Å². The summed E-state index contributed by atoms with van der Waals surface area (Å²) in [5.74, 6) is -0.0768. The number of nitrogens with zero attached hydrogens (tertiary/aromatic N) is 4. The van der Waals surface area contributed by atoms with Crippen molar-refractivity contribution in [2.24, 2.45) is 0 Å². The number of hydrogen-bond donors (Lipinski definition) is 2. The first-order chi connectivity index (χ1) is 12.0. The van der Waals surface area contributed by atoms with Crippen LogP contribution in [0, 0.1) is 24.0 Å². The average Bonchev–Trinajstić information content (AvgIpc) is 2.97. The van der Waals surface area contributed by atoms with Crippen LogP contribution in [0.4, 0.5) is 11.4 Å². The maximum atomic E-state index is 12.2. The fourth-order valence-electron chi connectivity index (χ4n) is 2.29. The van der Waals surface area contributed by atoms with Crippen LogP contribution in [0.5, 0.6) is 0 Å². The van der Waals surface area contributed by atoms with Crippen LogP contribution in [0.15, 0.2) is 36.5 Å². The van der Waals surface area contributed by atoms with Crippen LogP contribution in [0.1, 0.15) is 21.9 Å². The molecule has 9 heteroatoms. The summed E-state index contributed by atoms with van der Waals surface area (Å²) in [7, 11) is 0. The molecule has 3 rings (SSSR count). The molecule has 1 aromatic carbocycles. The molecule has 0 fully saturated rings. The van der Waals surface area contributed by atoms with Crippen LogP contribution >= 0.6 is 0 Å². The Kier molecular flexibility index (Phi) is 4.21. The molecule has 0 unspecified atom stereocenters. The SMILES string of the molecule is Cc1ccnc(-c2ccc(NC(=O)c3n[nH]c(C)c3[N+](=O)[O-])cc2)n1. The minimum absolute atomic E-state index is 0.224. The van der Waals surface area contributed by atoms with Gasteiger partial charge in [0.2, 0.25) is 5.69 Å². The maximum Gasteiger partial charge on any atom is 0.322 e. The van der Waals surface area contributed by atoms with E-state index >= 15 is 0 Å². The Balaban J connectivity index is 1.80. The molecular formula is C16H14N6O3. The van der Waals surface area contributed by atoms with Gasteiger partial charge in [0.15, 0.2) is 5.82 Å². The van der Waals surface area contributed by atoms with Gasteiger partial charge in [-0.2, -0.15) is 5.10 Å². The van der Waals surface area contributed by atoms with Gasteiger partial charge in [-0.25, -0.2) is 9.97 Å². The second-order valence-electron chi connectivity index (χ2n) is 5.36. The van der Waals surface area contributed by atoms with Gasteiger partial charge in [0.1, 0.15) is 5.69 Å². The van der Waals surface area contributed by atoms with Gasteiger partial charge in [-0.05, 0) is 44.2 Å². The number of benzene rings is 1. The van der Waals surface area contributed by atoms with Gasteiger partial charge in [-0.15, -0.1) is 0 Å². The molecule has 2 N–H and O–H groups in total. The summed E-state index contributed by atoms with van der Waals surface area (Å²) in [6, 6.07) is 8.66. The summed E-state index contributed by atoms with van der Waals surface area (Å²) in [4.78, 5) is 31.2. The molecule has 0 atom stereocenters.